The molecule has 7 heteroatoms. The monoisotopic (exact) mass is 341 g/mol. The number of ether oxygens (including phenoxy) is 1. The van der Waals surface area contributed by atoms with E-state index in [0.717, 1.165) is 12.8 Å². The molecule has 0 bridgehead atoms. The van der Waals surface area contributed by atoms with Gasteiger partial charge < -0.3 is 20.3 Å². The third kappa shape index (κ3) is 6.02. The molecule has 1 unspecified atom stereocenters. The zero-order valence-corrected chi connectivity index (χ0v) is 15.7. The van der Waals surface area contributed by atoms with E-state index >= 15 is 0 Å². The minimum Gasteiger partial charge on any atom is -0.444 e. The van der Waals surface area contributed by atoms with Crippen molar-refractivity contribution >= 4 is 17.9 Å². The number of amides is 3. The summed E-state index contributed by atoms with van der Waals surface area (Å²) in [5.41, 5.74) is -0.907. The highest BCUT2D eigenvalue weighted by molar-refractivity contribution is 5.90. The Bertz CT molecular complexity index is 481. The Kier molecular flexibility index (Phi) is 6.63. The molecule has 1 fully saturated rings. The first-order valence-corrected chi connectivity index (χ1v) is 8.57. The van der Waals surface area contributed by atoms with Crippen LogP contribution in [-0.4, -0.2) is 54.1 Å². The molecule has 1 aliphatic carbocycles. The summed E-state index contributed by atoms with van der Waals surface area (Å²) >= 11 is 0. The molecule has 1 atom stereocenters. The third-order valence-electron chi connectivity index (χ3n) is 4.05. The van der Waals surface area contributed by atoms with Crippen molar-refractivity contribution in [2.75, 3.05) is 19.6 Å². The van der Waals surface area contributed by atoms with Crippen LogP contribution in [0.25, 0.3) is 0 Å². The van der Waals surface area contributed by atoms with Gasteiger partial charge in [0.15, 0.2) is 0 Å². The maximum absolute atomic E-state index is 12.9. The SMILES string of the molecule is CCNC(=O)CN(CC)C(=O)C(NC(=O)OC(C)(C)C)C1(C)CC1. The van der Waals surface area contributed by atoms with Gasteiger partial charge in [0.25, 0.3) is 0 Å². The number of nitrogens with zero attached hydrogens (tertiary/aromatic N) is 1. The highest BCUT2D eigenvalue weighted by Crippen LogP contribution is 2.48. The number of hydrogen-bond donors (Lipinski definition) is 2. The minimum atomic E-state index is -0.679. The van der Waals surface area contributed by atoms with E-state index in [1.54, 1.807) is 20.8 Å². The molecule has 3 amide bonds. The average Bonchev–Trinajstić information content (AvgIpc) is 3.18. The van der Waals surface area contributed by atoms with Gasteiger partial charge in [0, 0.05) is 13.1 Å². The molecule has 24 heavy (non-hydrogen) atoms. The lowest BCUT2D eigenvalue weighted by Gasteiger charge is -2.31. The lowest BCUT2D eigenvalue weighted by atomic mass is 9.97. The number of carbonyl (C=O) groups excluding carboxylic acids is 3. The molecule has 0 heterocycles. The van der Waals surface area contributed by atoms with Gasteiger partial charge in [-0.3, -0.25) is 9.59 Å². The van der Waals surface area contributed by atoms with Crippen molar-refractivity contribution in [1.29, 1.82) is 0 Å². The number of likely N-dealkylation sites (N-methyl/N-ethyl adjacent to an activating group) is 2. The van der Waals surface area contributed by atoms with Gasteiger partial charge in [-0.15, -0.1) is 0 Å². The number of nitrogens with one attached hydrogen (secondary N) is 2. The van der Waals surface area contributed by atoms with E-state index in [-0.39, 0.29) is 23.8 Å². The van der Waals surface area contributed by atoms with Crippen LogP contribution in [0.15, 0.2) is 0 Å². The first-order valence-electron chi connectivity index (χ1n) is 8.57. The Morgan fingerprint density at radius 3 is 2.21 bits per heavy atom. The van der Waals surface area contributed by atoms with Gasteiger partial charge in [0.2, 0.25) is 11.8 Å². The zero-order chi connectivity index (χ0) is 18.5. The quantitative estimate of drug-likeness (QED) is 0.737. The molecule has 0 saturated heterocycles. The van der Waals surface area contributed by atoms with E-state index in [1.807, 2.05) is 20.8 Å². The van der Waals surface area contributed by atoms with Gasteiger partial charge in [-0.2, -0.15) is 0 Å². The van der Waals surface area contributed by atoms with Gasteiger partial charge in [-0.05, 0) is 52.9 Å². The minimum absolute atomic E-state index is 0.00818. The van der Waals surface area contributed by atoms with Gasteiger partial charge >= 0.3 is 6.09 Å². The maximum Gasteiger partial charge on any atom is 0.408 e. The first kappa shape index (κ1) is 20.3. The fraction of sp³-hybridized carbons (Fsp3) is 0.824. The predicted octanol–water partition coefficient (Wildman–Crippen LogP) is 1.66. The molecule has 1 aliphatic rings. The van der Waals surface area contributed by atoms with Gasteiger partial charge in [0.05, 0.1) is 6.54 Å². The standard InChI is InChI=1S/C17H31N3O4/c1-7-18-12(21)11-20(8-2)14(22)13(17(6)9-10-17)19-15(23)24-16(3,4)5/h13H,7-11H2,1-6H3,(H,18,21)(H,19,23). The number of alkyl carbamates (subject to hydrolysis) is 1. The van der Waals surface area contributed by atoms with Crippen LogP contribution in [0.4, 0.5) is 4.79 Å². The largest absolute Gasteiger partial charge is 0.444 e. The van der Waals surface area contributed by atoms with Crippen molar-refractivity contribution in [3.05, 3.63) is 0 Å². The van der Waals surface area contributed by atoms with Crippen molar-refractivity contribution in [3.8, 4) is 0 Å². The summed E-state index contributed by atoms with van der Waals surface area (Å²) in [7, 11) is 0. The second-order valence-corrected chi connectivity index (χ2v) is 7.54. The van der Waals surface area contributed by atoms with E-state index < -0.39 is 17.7 Å². The van der Waals surface area contributed by atoms with Gasteiger partial charge in [-0.25, -0.2) is 4.79 Å². The van der Waals surface area contributed by atoms with Crippen LogP contribution in [0.3, 0.4) is 0 Å². The second-order valence-electron chi connectivity index (χ2n) is 7.54. The van der Waals surface area contributed by atoms with Gasteiger partial charge in [-0.1, -0.05) is 6.92 Å². The highest BCUT2D eigenvalue weighted by atomic mass is 16.6. The Balaban J connectivity index is 2.81. The molecule has 7 nitrogen and oxygen atoms in total. The molecule has 0 aromatic carbocycles. The zero-order valence-electron chi connectivity index (χ0n) is 15.7. The molecular weight excluding hydrogens is 310 g/mol. The molecule has 1 saturated carbocycles. The molecule has 0 spiro atoms. The van der Waals surface area contributed by atoms with E-state index in [2.05, 4.69) is 10.6 Å². The Labute approximate surface area is 144 Å². The summed E-state index contributed by atoms with van der Waals surface area (Å²) in [6.07, 6.45) is 1.11. The molecule has 1 rings (SSSR count). The van der Waals surface area contributed by atoms with Crippen LogP contribution in [0, 0.1) is 5.41 Å². The van der Waals surface area contributed by atoms with Crippen LogP contribution >= 0.6 is 0 Å². The fourth-order valence-corrected chi connectivity index (χ4v) is 2.40. The smallest absolute Gasteiger partial charge is 0.408 e. The summed E-state index contributed by atoms with van der Waals surface area (Å²) in [5, 5.41) is 5.40. The maximum atomic E-state index is 12.9. The summed E-state index contributed by atoms with van der Waals surface area (Å²) in [5.74, 6) is -0.445. The highest BCUT2D eigenvalue weighted by Gasteiger charge is 2.50. The summed E-state index contributed by atoms with van der Waals surface area (Å²) in [6, 6.07) is -0.679. The van der Waals surface area contributed by atoms with E-state index in [4.69, 9.17) is 4.74 Å². The first-order chi connectivity index (χ1) is 11.0. The van der Waals surface area contributed by atoms with Crippen molar-refractivity contribution in [3.63, 3.8) is 0 Å². The number of carbonyl (C=O) groups is 3. The molecule has 138 valence electrons. The lowest BCUT2D eigenvalue weighted by Crippen LogP contribution is -2.55. The molecule has 0 radical (unpaired) electrons. The lowest BCUT2D eigenvalue weighted by molar-refractivity contribution is -0.138. The van der Waals surface area contributed by atoms with Crippen molar-refractivity contribution in [2.24, 2.45) is 5.41 Å². The third-order valence-corrected chi connectivity index (χ3v) is 4.05. The van der Waals surface area contributed by atoms with Gasteiger partial charge in [0.1, 0.15) is 11.6 Å². The predicted molar refractivity (Wildman–Crippen MR) is 91.4 cm³/mol. The Morgan fingerprint density at radius 2 is 1.79 bits per heavy atom. The van der Waals surface area contributed by atoms with Crippen LogP contribution in [0.2, 0.25) is 0 Å². The topological polar surface area (TPSA) is 87.7 Å². The van der Waals surface area contributed by atoms with E-state index in [9.17, 15) is 14.4 Å². The van der Waals surface area contributed by atoms with Crippen molar-refractivity contribution in [2.45, 2.75) is 66.0 Å². The molecule has 0 aromatic heterocycles. The van der Waals surface area contributed by atoms with Crippen LogP contribution < -0.4 is 10.6 Å². The van der Waals surface area contributed by atoms with Crippen molar-refractivity contribution in [1.82, 2.24) is 15.5 Å². The van der Waals surface area contributed by atoms with E-state index in [1.165, 1.54) is 4.90 Å². The number of rotatable bonds is 7. The molecular formula is C17H31N3O4. The Morgan fingerprint density at radius 1 is 1.21 bits per heavy atom. The van der Waals surface area contributed by atoms with Crippen LogP contribution in [0.1, 0.15) is 54.4 Å². The number of hydrogen-bond acceptors (Lipinski definition) is 4. The summed E-state index contributed by atoms with van der Waals surface area (Å²) in [6.45, 7) is 11.8. The fourth-order valence-electron chi connectivity index (χ4n) is 2.40. The Hall–Kier alpha value is -1.79. The normalized spacial score (nSPS) is 16.8. The summed E-state index contributed by atoms with van der Waals surface area (Å²) in [4.78, 5) is 38.2. The van der Waals surface area contributed by atoms with Crippen molar-refractivity contribution < 1.29 is 19.1 Å². The average molecular weight is 341 g/mol. The van der Waals surface area contributed by atoms with E-state index in [0.29, 0.717) is 13.1 Å². The summed E-state index contributed by atoms with van der Waals surface area (Å²) < 4.78 is 5.27. The molecule has 0 aromatic rings. The molecule has 0 aliphatic heterocycles. The van der Waals surface area contributed by atoms with Crippen LogP contribution in [-0.2, 0) is 14.3 Å². The van der Waals surface area contributed by atoms with Crippen LogP contribution in [0.5, 0.6) is 0 Å². The second kappa shape index (κ2) is 7.85. The molecule has 2 N–H and O–H groups in total.